The van der Waals surface area contributed by atoms with Gasteiger partial charge in [0.05, 0.1) is 5.41 Å². The van der Waals surface area contributed by atoms with Crippen LogP contribution in [0.3, 0.4) is 0 Å². The number of carbonyl (C=O) groups is 3. The van der Waals surface area contributed by atoms with Gasteiger partial charge in [0, 0.05) is 5.54 Å². The molecule has 8 nitrogen and oxygen atoms in total. The van der Waals surface area contributed by atoms with Crippen molar-refractivity contribution in [3.8, 4) is 0 Å². The lowest BCUT2D eigenvalue weighted by molar-refractivity contribution is -0.370. The molecule has 0 radical (unpaired) electrons. The number of alkyl halides is 3. The molecule has 3 amide bonds. The summed E-state index contributed by atoms with van der Waals surface area (Å²) in [4.78, 5) is 36.3. The van der Waals surface area contributed by atoms with Gasteiger partial charge >= 0.3 is 12.5 Å². The molecule has 0 saturated heterocycles. The second-order valence-corrected chi connectivity index (χ2v) is 9.02. The summed E-state index contributed by atoms with van der Waals surface area (Å²) in [5.74, 6) is -1.51. The van der Waals surface area contributed by atoms with E-state index in [1.165, 1.54) is 0 Å². The third-order valence-corrected chi connectivity index (χ3v) is 5.45. The van der Waals surface area contributed by atoms with Crippen LogP contribution >= 0.6 is 0 Å². The Kier molecular flexibility index (Phi) is 4.60. The zero-order chi connectivity index (χ0) is 21.0. The number of nitrogens with one attached hydrogen (secondary N) is 3. The first-order chi connectivity index (χ1) is 12.7. The molecule has 0 unspecified atom stereocenters. The average Bonchev–Trinajstić information content (AvgIpc) is 2.39. The first kappa shape index (κ1) is 20.7. The van der Waals surface area contributed by atoms with Crippen molar-refractivity contribution < 1.29 is 37.0 Å². The summed E-state index contributed by atoms with van der Waals surface area (Å²) < 4.78 is 46.7. The van der Waals surface area contributed by atoms with Crippen molar-refractivity contribution in [3.05, 3.63) is 0 Å². The van der Waals surface area contributed by atoms with Gasteiger partial charge in [-0.05, 0) is 59.3 Å². The van der Waals surface area contributed by atoms with Crippen molar-refractivity contribution in [1.82, 2.24) is 16.2 Å². The molecule has 2 bridgehead atoms. The molecule has 0 aromatic heterocycles. The fraction of sp³-hybridized carbons (Fsp3) is 0.824. The number of alkyl carbamates (subject to hydrolysis) is 1. The summed E-state index contributed by atoms with van der Waals surface area (Å²) in [6.45, 7) is 5.22. The van der Waals surface area contributed by atoms with Crippen LogP contribution in [0.4, 0.5) is 18.0 Å². The molecule has 0 atom stereocenters. The normalized spacial score (nSPS) is 30.1. The number of hydrazine groups is 1. The van der Waals surface area contributed by atoms with Gasteiger partial charge in [0.15, 0.2) is 5.60 Å². The van der Waals surface area contributed by atoms with E-state index < -0.39 is 46.4 Å². The van der Waals surface area contributed by atoms with E-state index in [9.17, 15) is 27.6 Å². The summed E-state index contributed by atoms with van der Waals surface area (Å²) in [5, 5.41) is 2.75. The molecule has 158 valence electrons. The highest BCUT2D eigenvalue weighted by Gasteiger charge is 2.72. The van der Waals surface area contributed by atoms with E-state index in [-0.39, 0.29) is 12.8 Å². The lowest BCUT2D eigenvalue weighted by Gasteiger charge is -2.68. The lowest BCUT2D eigenvalue weighted by Crippen LogP contribution is -2.79. The number of ether oxygens (including phenoxy) is 2. The van der Waals surface area contributed by atoms with Crippen LogP contribution in [0.1, 0.15) is 59.3 Å². The molecular weight excluding hydrogens is 383 g/mol. The van der Waals surface area contributed by atoms with Crippen molar-refractivity contribution in [1.29, 1.82) is 0 Å². The minimum Gasteiger partial charge on any atom is -0.444 e. The maximum Gasteiger partial charge on any atom is 0.523 e. The molecule has 4 aliphatic carbocycles. The Morgan fingerprint density at radius 3 is 1.89 bits per heavy atom. The quantitative estimate of drug-likeness (QED) is 0.619. The molecule has 0 aromatic rings. The molecule has 3 N–H and O–H groups in total. The summed E-state index contributed by atoms with van der Waals surface area (Å²) >= 11 is 0. The van der Waals surface area contributed by atoms with Crippen LogP contribution in [0.15, 0.2) is 0 Å². The highest BCUT2D eigenvalue weighted by molar-refractivity contribution is 5.92. The van der Waals surface area contributed by atoms with Crippen LogP contribution in [0.2, 0.25) is 0 Å². The van der Waals surface area contributed by atoms with Crippen LogP contribution in [0.5, 0.6) is 0 Å². The second-order valence-electron chi connectivity index (χ2n) is 9.02. The number of halogens is 3. The highest BCUT2D eigenvalue weighted by Crippen LogP contribution is 2.67. The fourth-order valence-electron chi connectivity index (χ4n) is 4.14. The first-order valence-electron chi connectivity index (χ1n) is 9.07. The average molecular weight is 407 g/mol. The Morgan fingerprint density at radius 1 is 0.929 bits per heavy atom. The smallest absolute Gasteiger partial charge is 0.444 e. The Morgan fingerprint density at radius 2 is 1.46 bits per heavy atom. The molecular formula is C17H24F3N3O5. The van der Waals surface area contributed by atoms with Crippen LogP contribution in [0.25, 0.3) is 0 Å². The number of hydrogen-bond acceptors (Lipinski definition) is 5. The molecule has 4 rings (SSSR count). The molecule has 0 heterocycles. The number of hydrogen-bond donors (Lipinski definition) is 3. The Hall–Kier alpha value is -2.04. The van der Waals surface area contributed by atoms with Gasteiger partial charge in [-0.25, -0.2) is 4.79 Å². The maximum atomic E-state index is 12.5. The zero-order valence-electron chi connectivity index (χ0n) is 15.9. The predicted molar refractivity (Wildman–Crippen MR) is 88.4 cm³/mol. The Labute approximate surface area is 159 Å². The van der Waals surface area contributed by atoms with E-state index in [4.69, 9.17) is 4.74 Å². The van der Waals surface area contributed by atoms with Gasteiger partial charge < -0.3 is 10.1 Å². The molecule has 11 heteroatoms. The molecule has 0 spiro atoms. The summed E-state index contributed by atoms with van der Waals surface area (Å²) in [5.41, 5.74) is 0.402. The molecule has 28 heavy (non-hydrogen) atoms. The third kappa shape index (κ3) is 3.89. The number of rotatable bonds is 4. The predicted octanol–water partition coefficient (Wildman–Crippen LogP) is 2.04. The van der Waals surface area contributed by atoms with Crippen LogP contribution in [-0.4, -0.2) is 41.0 Å². The van der Waals surface area contributed by atoms with Crippen LogP contribution in [-0.2, 0) is 19.1 Å². The van der Waals surface area contributed by atoms with Crippen molar-refractivity contribution in [2.45, 2.75) is 82.4 Å². The van der Waals surface area contributed by atoms with Gasteiger partial charge in [0.1, 0.15) is 5.60 Å². The van der Waals surface area contributed by atoms with Crippen molar-refractivity contribution in [2.75, 3.05) is 0 Å². The molecule has 4 aliphatic rings. The van der Waals surface area contributed by atoms with Gasteiger partial charge in [-0.1, -0.05) is 0 Å². The fourth-order valence-corrected chi connectivity index (χ4v) is 4.14. The zero-order valence-corrected chi connectivity index (χ0v) is 15.9. The highest BCUT2D eigenvalue weighted by atomic mass is 19.4. The molecule has 0 aromatic carbocycles. The van der Waals surface area contributed by atoms with E-state index in [1.54, 1.807) is 20.8 Å². The second kappa shape index (κ2) is 6.23. The summed E-state index contributed by atoms with van der Waals surface area (Å²) in [6, 6.07) is 0. The van der Waals surface area contributed by atoms with Gasteiger partial charge in [0.25, 0.3) is 5.91 Å². The van der Waals surface area contributed by atoms with Gasteiger partial charge in [-0.15, -0.1) is 13.2 Å². The van der Waals surface area contributed by atoms with E-state index in [0.717, 1.165) is 0 Å². The van der Waals surface area contributed by atoms with Crippen molar-refractivity contribution >= 4 is 17.9 Å². The molecule has 4 saturated carbocycles. The first-order valence-corrected chi connectivity index (χ1v) is 9.07. The minimum absolute atomic E-state index is 0.0672. The largest absolute Gasteiger partial charge is 0.523 e. The lowest BCUT2D eigenvalue weighted by atomic mass is 9.39. The van der Waals surface area contributed by atoms with E-state index in [1.807, 2.05) is 0 Å². The molecule has 0 aliphatic heterocycles. The minimum atomic E-state index is -4.94. The topological polar surface area (TPSA) is 106 Å². The number of amides is 3. The number of carbonyl (C=O) groups excluding carboxylic acids is 3. The monoisotopic (exact) mass is 407 g/mol. The van der Waals surface area contributed by atoms with E-state index in [2.05, 4.69) is 20.9 Å². The van der Waals surface area contributed by atoms with Crippen molar-refractivity contribution in [3.63, 3.8) is 0 Å². The van der Waals surface area contributed by atoms with Crippen LogP contribution < -0.4 is 16.2 Å². The maximum absolute atomic E-state index is 12.5. The van der Waals surface area contributed by atoms with Crippen LogP contribution in [0, 0.1) is 5.41 Å². The van der Waals surface area contributed by atoms with Gasteiger partial charge in [0.2, 0.25) is 5.91 Å². The van der Waals surface area contributed by atoms with Gasteiger partial charge in [-0.3, -0.25) is 25.2 Å². The summed E-state index contributed by atoms with van der Waals surface area (Å²) in [7, 11) is 0. The SMILES string of the molecule is CC(C)(C)OC(=O)NC12CC(C(=O)NNC(=O)C3(OC(F)(F)F)CCC3)(C1)C2. The molecule has 4 fully saturated rings. The Bertz CT molecular complexity index is 677. The standard InChI is InChI=1S/C17H24F3N3O5/c1-13(2,3)27-12(26)21-15-7-14(8-15,9-15)10(24)22-23-11(25)16(5-4-6-16)28-17(18,19)20/h4-9H2,1-3H3,(H,21,26)(H,22,24)(H,23,25). The Balaban J connectivity index is 1.45. The van der Waals surface area contributed by atoms with Crippen molar-refractivity contribution in [2.24, 2.45) is 5.41 Å². The summed E-state index contributed by atoms with van der Waals surface area (Å²) in [6.07, 6.45) is -4.06. The van der Waals surface area contributed by atoms with E-state index >= 15 is 0 Å². The van der Waals surface area contributed by atoms with E-state index in [0.29, 0.717) is 25.7 Å². The third-order valence-electron chi connectivity index (χ3n) is 5.45. The van der Waals surface area contributed by atoms with Gasteiger partial charge in [-0.2, -0.15) is 0 Å².